The van der Waals surface area contributed by atoms with Crippen LogP contribution in [0.15, 0.2) is 9.85 Å². The Balaban J connectivity index is 1.98. The molecule has 0 atom stereocenters. The molecule has 3 rings (SSSR count). The molecule has 1 amide bonds. The number of carbonyl (C=O) groups is 1. The standard InChI is InChI=1S/C9H8BrNO2S/c10-6-3-5-4-13-9(1-2-9)8(12)11-7(5)14-6/h3H,1-2,4H2,(H,11,12). The average Bonchev–Trinajstić information content (AvgIpc) is 2.86. The highest BCUT2D eigenvalue weighted by Gasteiger charge is 2.52. The van der Waals surface area contributed by atoms with Crippen molar-refractivity contribution in [3.8, 4) is 0 Å². The number of amides is 1. The van der Waals surface area contributed by atoms with E-state index in [0.29, 0.717) is 6.61 Å². The van der Waals surface area contributed by atoms with Crippen molar-refractivity contribution in [2.24, 2.45) is 0 Å². The fourth-order valence-corrected chi connectivity index (χ4v) is 3.14. The molecular formula is C9H8BrNO2S. The van der Waals surface area contributed by atoms with E-state index in [2.05, 4.69) is 21.2 Å². The van der Waals surface area contributed by atoms with Gasteiger partial charge in [-0.3, -0.25) is 4.79 Å². The van der Waals surface area contributed by atoms with Crippen LogP contribution in [0.25, 0.3) is 0 Å². The Morgan fingerprint density at radius 3 is 3.07 bits per heavy atom. The molecule has 1 saturated carbocycles. The van der Waals surface area contributed by atoms with Crippen molar-refractivity contribution in [1.29, 1.82) is 0 Å². The molecule has 1 fully saturated rings. The van der Waals surface area contributed by atoms with Gasteiger partial charge in [0.25, 0.3) is 5.91 Å². The molecule has 0 saturated heterocycles. The smallest absolute Gasteiger partial charge is 0.257 e. The first-order chi connectivity index (χ1) is 6.70. The van der Waals surface area contributed by atoms with Crippen LogP contribution in [0.5, 0.6) is 0 Å². The number of halogens is 1. The first-order valence-corrected chi connectivity index (χ1v) is 6.04. The maximum atomic E-state index is 11.7. The van der Waals surface area contributed by atoms with Gasteiger partial charge in [0.1, 0.15) is 10.6 Å². The molecule has 74 valence electrons. The van der Waals surface area contributed by atoms with Gasteiger partial charge < -0.3 is 10.1 Å². The molecule has 1 N–H and O–H groups in total. The van der Waals surface area contributed by atoms with Crippen LogP contribution in [0.2, 0.25) is 0 Å². The van der Waals surface area contributed by atoms with E-state index in [9.17, 15) is 4.79 Å². The van der Waals surface area contributed by atoms with Crippen LogP contribution >= 0.6 is 27.3 Å². The van der Waals surface area contributed by atoms with Gasteiger partial charge in [-0.15, -0.1) is 11.3 Å². The SMILES string of the molecule is O=C1Nc2sc(Br)cc2COC12CC2. The van der Waals surface area contributed by atoms with Gasteiger partial charge in [-0.2, -0.15) is 0 Å². The molecule has 3 nitrogen and oxygen atoms in total. The second kappa shape index (κ2) is 2.81. The lowest BCUT2D eigenvalue weighted by molar-refractivity contribution is -0.130. The maximum absolute atomic E-state index is 11.7. The largest absolute Gasteiger partial charge is 0.360 e. The summed E-state index contributed by atoms with van der Waals surface area (Å²) in [4.78, 5) is 11.7. The van der Waals surface area contributed by atoms with Crippen molar-refractivity contribution >= 4 is 38.2 Å². The van der Waals surface area contributed by atoms with Gasteiger partial charge in [-0.1, -0.05) is 0 Å². The van der Waals surface area contributed by atoms with Crippen LogP contribution < -0.4 is 5.32 Å². The minimum absolute atomic E-state index is 0.0191. The molecule has 1 spiro atoms. The van der Waals surface area contributed by atoms with Crippen LogP contribution in [0, 0.1) is 0 Å². The molecule has 0 radical (unpaired) electrons. The minimum atomic E-state index is -0.495. The summed E-state index contributed by atoms with van der Waals surface area (Å²) in [6, 6.07) is 2.00. The number of hydrogen-bond donors (Lipinski definition) is 1. The Labute approximate surface area is 93.6 Å². The van der Waals surface area contributed by atoms with Gasteiger partial charge in [0.15, 0.2) is 0 Å². The van der Waals surface area contributed by atoms with Gasteiger partial charge in [0.05, 0.1) is 10.4 Å². The quantitative estimate of drug-likeness (QED) is 0.789. The number of rotatable bonds is 0. The molecular weight excluding hydrogens is 266 g/mol. The average molecular weight is 274 g/mol. The zero-order valence-electron chi connectivity index (χ0n) is 7.30. The molecule has 0 bridgehead atoms. The van der Waals surface area contributed by atoms with Crippen LogP contribution in [-0.4, -0.2) is 11.5 Å². The van der Waals surface area contributed by atoms with E-state index in [4.69, 9.17) is 4.74 Å². The Kier molecular flexibility index (Phi) is 1.78. The number of thiophene rings is 1. The first-order valence-electron chi connectivity index (χ1n) is 4.43. The highest BCUT2D eigenvalue weighted by Crippen LogP contribution is 2.45. The number of nitrogens with one attached hydrogen (secondary N) is 1. The van der Waals surface area contributed by atoms with Crippen molar-refractivity contribution < 1.29 is 9.53 Å². The summed E-state index contributed by atoms with van der Waals surface area (Å²) in [7, 11) is 0. The van der Waals surface area contributed by atoms with E-state index in [-0.39, 0.29) is 5.91 Å². The van der Waals surface area contributed by atoms with E-state index in [1.54, 1.807) is 11.3 Å². The summed E-state index contributed by atoms with van der Waals surface area (Å²) < 4.78 is 6.65. The van der Waals surface area contributed by atoms with Crippen molar-refractivity contribution in [3.63, 3.8) is 0 Å². The first kappa shape index (κ1) is 8.88. The lowest BCUT2D eigenvalue weighted by atomic mass is 10.3. The zero-order chi connectivity index (χ0) is 9.76. The summed E-state index contributed by atoms with van der Waals surface area (Å²) >= 11 is 4.93. The fourth-order valence-electron chi connectivity index (χ4n) is 1.59. The third-order valence-electron chi connectivity index (χ3n) is 2.63. The molecule has 14 heavy (non-hydrogen) atoms. The van der Waals surface area contributed by atoms with Crippen LogP contribution in [0.4, 0.5) is 5.00 Å². The Hall–Kier alpha value is -0.390. The van der Waals surface area contributed by atoms with Crippen molar-refractivity contribution in [2.75, 3.05) is 5.32 Å². The number of fused-ring (bicyclic) bond motifs is 1. The number of ether oxygens (including phenoxy) is 1. The lowest BCUT2D eigenvalue weighted by Gasteiger charge is -2.10. The summed E-state index contributed by atoms with van der Waals surface area (Å²) in [5.41, 5.74) is 0.574. The molecule has 2 heterocycles. The van der Waals surface area contributed by atoms with E-state index in [1.807, 2.05) is 6.07 Å². The lowest BCUT2D eigenvalue weighted by Crippen LogP contribution is -2.29. The van der Waals surface area contributed by atoms with E-state index in [0.717, 1.165) is 27.2 Å². The third-order valence-corrected chi connectivity index (χ3v) is 4.22. The fraction of sp³-hybridized carbons (Fsp3) is 0.444. The molecule has 1 aromatic rings. The van der Waals surface area contributed by atoms with Gasteiger partial charge in [0.2, 0.25) is 0 Å². The molecule has 5 heteroatoms. The van der Waals surface area contributed by atoms with Crippen molar-refractivity contribution in [3.05, 3.63) is 15.4 Å². The van der Waals surface area contributed by atoms with Crippen LogP contribution in [0.3, 0.4) is 0 Å². The summed E-state index contributed by atoms with van der Waals surface area (Å²) in [6.45, 7) is 0.538. The van der Waals surface area contributed by atoms with Crippen LogP contribution in [0.1, 0.15) is 18.4 Å². The number of hydrogen-bond acceptors (Lipinski definition) is 3. The number of carbonyl (C=O) groups excluding carboxylic acids is 1. The highest BCUT2D eigenvalue weighted by molar-refractivity contribution is 9.11. The van der Waals surface area contributed by atoms with E-state index < -0.39 is 5.60 Å². The Morgan fingerprint density at radius 2 is 2.36 bits per heavy atom. The van der Waals surface area contributed by atoms with Gasteiger partial charge in [-0.05, 0) is 34.8 Å². The molecule has 1 aliphatic heterocycles. The van der Waals surface area contributed by atoms with Crippen molar-refractivity contribution in [2.45, 2.75) is 25.0 Å². The molecule has 0 unspecified atom stereocenters. The summed E-state index contributed by atoms with van der Waals surface area (Å²) in [5, 5.41) is 3.84. The minimum Gasteiger partial charge on any atom is -0.360 e. The highest BCUT2D eigenvalue weighted by atomic mass is 79.9. The van der Waals surface area contributed by atoms with Crippen LogP contribution in [-0.2, 0) is 16.1 Å². The second-order valence-corrected chi connectivity index (χ2v) is 6.07. The molecule has 1 aromatic heterocycles. The Morgan fingerprint density at radius 1 is 1.57 bits per heavy atom. The molecule has 2 aliphatic rings. The Bertz CT molecular complexity index is 411. The zero-order valence-corrected chi connectivity index (χ0v) is 9.70. The third kappa shape index (κ3) is 1.23. The number of anilines is 1. The monoisotopic (exact) mass is 273 g/mol. The normalized spacial score (nSPS) is 22.8. The predicted octanol–water partition coefficient (Wildman–Crippen LogP) is 2.51. The van der Waals surface area contributed by atoms with E-state index in [1.165, 1.54) is 0 Å². The van der Waals surface area contributed by atoms with Gasteiger partial charge in [-0.25, -0.2) is 0 Å². The van der Waals surface area contributed by atoms with Gasteiger partial charge in [0, 0.05) is 5.56 Å². The topological polar surface area (TPSA) is 38.3 Å². The second-order valence-electron chi connectivity index (χ2n) is 3.64. The van der Waals surface area contributed by atoms with Crippen molar-refractivity contribution in [1.82, 2.24) is 0 Å². The predicted molar refractivity (Wildman–Crippen MR) is 57.4 cm³/mol. The van der Waals surface area contributed by atoms with Gasteiger partial charge >= 0.3 is 0 Å². The summed E-state index contributed by atoms with van der Waals surface area (Å²) in [5.74, 6) is 0.0191. The van der Waals surface area contributed by atoms with E-state index >= 15 is 0 Å². The molecule has 1 aliphatic carbocycles. The maximum Gasteiger partial charge on any atom is 0.257 e. The molecule has 0 aromatic carbocycles. The summed E-state index contributed by atoms with van der Waals surface area (Å²) in [6.07, 6.45) is 1.71.